The molecule has 0 amide bonds. The maximum atomic E-state index is 10.5. The van der Waals surface area contributed by atoms with Gasteiger partial charge in [-0.2, -0.15) is 5.26 Å². The number of carbonyl (C=O) groups is 1. The maximum absolute atomic E-state index is 10.5. The van der Waals surface area contributed by atoms with E-state index >= 15 is 0 Å². The maximum Gasteiger partial charge on any atom is 0.182 e. The summed E-state index contributed by atoms with van der Waals surface area (Å²) in [5, 5.41) is 12.3. The monoisotopic (exact) mass is 195 g/mol. The molecule has 1 N–H and O–H groups in total. The van der Waals surface area contributed by atoms with E-state index in [9.17, 15) is 4.79 Å². The molecule has 0 spiro atoms. The number of aromatic nitrogens is 1. The molecule has 0 bridgehead atoms. The highest BCUT2D eigenvalue weighted by Crippen LogP contribution is 2.27. The normalized spacial score (nSPS) is 11.8. The van der Waals surface area contributed by atoms with Crippen LogP contribution in [0.25, 0.3) is 0 Å². The molecule has 1 heterocycles. The summed E-state index contributed by atoms with van der Waals surface area (Å²) in [6.07, 6.45) is 0.639. The van der Waals surface area contributed by atoms with Gasteiger partial charge in [0.15, 0.2) is 5.13 Å². The van der Waals surface area contributed by atoms with Gasteiger partial charge in [0.25, 0.3) is 0 Å². The molecule has 0 radical (unpaired) electrons. The van der Waals surface area contributed by atoms with E-state index in [2.05, 4.69) is 10.3 Å². The first-order valence-electron chi connectivity index (χ1n) is 3.73. The van der Waals surface area contributed by atoms with E-state index in [1.807, 2.05) is 6.07 Å². The molecule has 0 saturated carbocycles. The zero-order chi connectivity index (χ0) is 9.84. The lowest BCUT2D eigenvalue weighted by Crippen LogP contribution is -1.95. The fourth-order valence-corrected chi connectivity index (χ4v) is 1.88. The van der Waals surface area contributed by atoms with Crippen LogP contribution in [0.2, 0.25) is 0 Å². The molecule has 1 unspecified atom stereocenters. The predicted molar refractivity (Wildman–Crippen MR) is 50.8 cm³/mol. The summed E-state index contributed by atoms with van der Waals surface area (Å²) < 4.78 is 0. The van der Waals surface area contributed by atoms with Crippen molar-refractivity contribution < 1.29 is 4.79 Å². The minimum absolute atomic E-state index is 0.639. The van der Waals surface area contributed by atoms with Gasteiger partial charge >= 0.3 is 0 Å². The van der Waals surface area contributed by atoms with Gasteiger partial charge in [-0.15, -0.1) is 11.3 Å². The summed E-state index contributed by atoms with van der Waals surface area (Å²) in [4.78, 5) is 15.4. The first kappa shape index (κ1) is 9.68. The minimum atomic E-state index is -0.681. The number of thiazole rings is 1. The second-order valence-electron chi connectivity index (χ2n) is 2.46. The molecule has 0 aliphatic rings. The van der Waals surface area contributed by atoms with Gasteiger partial charge in [0.2, 0.25) is 0 Å². The third-order valence-electron chi connectivity index (χ3n) is 1.60. The Balaban J connectivity index is 3.07. The summed E-state index contributed by atoms with van der Waals surface area (Å²) >= 11 is 1.34. The Morgan fingerprint density at radius 2 is 2.46 bits per heavy atom. The van der Waals surface area contributed by atoms with Crippen molar-refractivity contribution in [3.63, 3.8) is 0 Å². The smallest absolute Gasteiger partial charge is 0.182 e. The van der Waals surface area contributed by atoms with Crippen LogP contribution in [0.15, 0.2) is 0 Å². The van der Waals surface area contributed by atoms with E-state index in [4.69, 9.17) is 5.26 Å². The molecule has 1 atom stereocenters. The van der Waals surface area contributed by atoms with Crippen molar-refractivity contribution in [1.82, 2.24) is 4.98 Å². The number of carbonyl (C=O) groups excluding carboxylic acids is 1. The Morgan fingerprint density at radius 3 is 2.85 bits per heavy atom. The number of anilines is 1. The molecule has 5 heteroatoms. The van der Waals surface area contributed by atoms with Crippen molar-refractivity contribution in [3.05, 3.63) is 10.6 Å². The Labute approximate surface area is 80.2 Å². The molecule has 0 aliphatic heterocycles. The molecule has 1 aromatic rings. The number of nitrogens with one attached hydrogen (secondary N) is 1. The van der Waals surface area contributed by atoms with Crippen LogP contribution < -0.4 is 5.32 Å². The first-order chi connectivity index (χ1) is 6.22. The highest BCUT2D eigenvalue weighted by atomic mass is 32.1. The van der Waals surface area contributed by atoms with Crippen molar-refractivity contribution >= 4 is 22.8 Å². The molecule has 0 saturated heterocycles. The molecule has 0 fully saturated rings. The van der Waals surface area contributed by atoms with Crippen LogP contribution in [0, 0.1) is 18.3 Å². The highest BCUT2D eigenvalue weighted by Gasteiger charge is 2.16. The van der Waals surface area contributed by atoms with Crippen molar-refractivity contribution in [2.75, 3.05) is 12.4 Å². The van der Waals surface area contributed by atoms with Crippen molar-refractivity contribution in [2.24, 2.45) is 0 Å². The molecule has 0 aromatic carbocycles. The number of aryl methyl sites for hydroxylation is 1. The molecular formula is C8H9N3OS. The van der Waals surface area contributed by atoms with Gasteiger partial charge < -0.3 is 10.1 Å². The predicted octanol–water partition coefficient (Wildman–Crippen LogP) is 1.30. The van der Waals surface area contributed by atoms with E-state index < -0.39 is 5.92 Å². The quantitative estimate of drug-likeness (QED) is 0.738. The van der Waals surface area contributed by atoms with Crippen LogP contribution in [0.4, 0.5) is 5.13 Å². The van der Waals surface area contributed by atoms with Gasteiger partial charge in [0.05, 0.1) is 16.6 Å². The lowest BCUT2D eigenvalue weighted by Gasteiger charge is -1.95. The number of nitrogens with zero attached hydrogens (tertiary/aromatic N) is 2. The van der Waals surface area contributed by atoms with Gasteiger partial charge in [-0.1, -0.05) is 0 Å². The molecular weight excluding hydrogens is 186 g/mol. The van der Waals surface area contributed by atoms with Crippen molar-refractivity contribution in [3.8, 4) is 6.07 Å². The van der Waals surface area contributed by atoms with Crippen LogP contribution in [-0.4, -0.2) is 18.3 Å². The SMILES string of the molecule is CNc1nc(C)c(C(C#N)C=O)s1. The first-order valence-corrected chi connectivity index (χ1v) is 4.54. The van der Waals surface area contributed by atoms with E-state index in [1.165, 1.54) is 11.3 Å². The molecule has 68 valence electrons. The minimum Gasteiger partial charge on any atom is -0.365 e. The molecule has 0 aliphatic carbocycles. The standard InChI is InChI=1S/C8H9N3OS/c1-5-7(6(3-9)4-12)13-8(10-2)11-5/h4,6H,1-2H3,(H,10,11). The number of nitriles is 1. The van der Waals surface area contributed by atoms with Crippen molar-refractivity contribution in [1.29, 1.82) is 5.26 Å². The molecule has 1 aromatic heterocycles. The number of hydrogen-bond donors (Lipinski definition) is 1. The van der Waals surface area contributed by atoms with Crippen molar-refractivity contribution in [2.45, 2.75) is 12.8 Å². The zero-order valence-electron chi connectivity index (χ0n) is 7.37. The number of aldehydes is 1. The van der Waals surface area contributed by atoms with Gasteiger partial charge in [0, 0.05) is 7.05 Å². The fourth-order valence-electron chi connectivity index (χ4n) is 0.955. The molecule has 13 heavy (non-hydrogen) atoms. The second kappa shape index (κ2) is 4.01. The highest BCUT2D eigenvalue weighted by molar-refractivity contribution is 7.15. The van der Waals surface area contributed by atoms with E-state index in [0.717, 1.165) is 15.7 Å². The Bertz CT molecular complexity index is 353. The molecule has 4 nitrogen and oxygen atoms in total. The topological polar surface area (TPSA) is 65.8 Å². The third kappa shape index (κ3) is 1.84. The summed E-state index contributed by atoms with van der Waals surface area (Å²) in [5.74, 6) is -0.681. The van der Waals surface area contributed by atoms with Gasteiger partial charge in [-0.05, 0) is 6.92 Å². The second-order valence-corrected chi connectivity index (χ2v) is 3.49. The lowest BCUT2D eigenvalue weighted by atomic mass is 10.1. The van der Waals surface area contributed by atoms with Gasteiger partial charge in [0.1, 0.15) is 12.2 Å². The Hall–Kier alpha value is -1.41. The summed E-state index contributed by atoms with van der Waals surface area (Å²) in [6, 6.07) is 1.92. The average Bonchev–Trinajstić information content (AvgIpc) is 2.50. The zero-order valence-corrected chi connectivity index (χ0v) is 8.18. The largest absolute Gasteiger partial charge is 0.365 e. The lowest BCUT2D eigenvalue weighted by molar-refractivity contribution is -0.108. The van der Waals surface area contributed by atoms with Gasteiger partial charge in [-0.3, -0.25) is 0 Å². The summed E-state index contributed by atoms with van der Waals surface area (Å²) in [7, 11) is 1.75. The van der Waals surface area contributed by atoms with Crippen LogP contribution >= 0.6 is 11.3 Å². The average molecular weight is 195 g/mol. The van der Waals surface area contributed by atoms with Crippen LogP contribution in [-0.2, 0) is 4.79 Å². The van der Waals surface area contributed by atoms with Crippen LogP contribution in [0.3, 0.4) is 0 Å². The fraction of sp³-hybridized carbons (Fsp3) is 0.375. The summed E-state index contributed by atoms with van der Waals surface area (Å²) in [5.41, 5.74) is 0.744. The Morgan fingerprint density at radius 1 is 1.77 bits per heavy atom. The van der Waals surface area contributed by atoms with E-state index in [1.54, 1.807) is 14.0 Å². The van der Waals surface area contributed by atoms with Gasteiger partial charge in [-0.25, -0.2) is 4.98 Å². The van der Waals surface area contributed by atoms with E-state index in [0.29, 0.717) is 6.29 Å². The Kier molecular flexibility index (Phi) is 2.98. The molecule has 1 rings (SSSR count). The summed E-state index contributed by atoms with van der Waals surface area (Å²) in [6.45, 7) is 1.79. The van der Waals surface area contributed by atoms with E-state index in [-0.39, 0.29) is 0 Å². The van der Waals surface area contributed by atoms with Crippen LogP contribution in [0.5, 0.6) is 0 Å². The number of hydrogen-bond acceptors (Lipinski definition) is 5. The number of rotatable bonds is 3. The third-order valence-corrected chi connectivity index (χ3v) is 2.86. The van der Waals surface area contributed by atoms with Crippen LogP contribution in [0.1, 0.15) is 16.5 Å².